The van der Waals surface area contributed by atoms with Gasteiger partial charge < -0.3 is 14.0 Å². The fourth-order valence-electron chi connectivity index (χ4n) is 2.21. The van der Waals surface area contributed by atoms with E-state index < -0.39 is 0 Å². The molecule has 5 heteroatoms. The fourth-order valence-corrected chi connectivity index (χ4v) is 2.94. The summed E-state index contributed by atoms with van der Waals surface area (Å²) in [6.07, 6.45) is 0. The van der Waals surface area contributed by atoms with Crippen LogP contribution in [0.15, 0.2) is 16.7 Å². The lowest BCUT2D eigenvalue weighted by Gasteiger charge is -2.15. The topological polar surface area (TPSA) is 36.3 Å². The summed E-state index contributed by atoms with van der Waals surface area (Å²) in [7, 11) is 5.31. The van der Waals surface area contributed by atoms with E-state index >= 15 is 0 Å². The van der Waals surface area contributed by atoms with Gasteiger partial charge in [-0.15, -0.1) is 0 Å². The van der Waals surface area contributed by atoms with E-state index in [4.69, 9.17) is 9.47 Å². The van der Waals surface area contributed by atoms with Crippen LogP contribution in [0.5, 0.6) is 11.5 Å². The van der Waals surface area contributed by atoms with Gasteiger partial charge in [-0.05, 0) is 41.9 Å². The van der Waals surface area contributed by atoms with E-state index in [1.54, 1.807) is 14.2 Å². The monoisotopic (exact) mass is 324 g/mol. The van der Waals surface area contributed by atoms with Gasteiger partial charge in [0.15, 0.2) is 0 Å². The molecule has 0 unspecified atom stereocenters. The highest BCUT2D eigenvalue weighted by Gasteiger charge is 2.19. The van der Waals surface area contributed by atoms with Gasteiger partial charge in [-0.2, -0.15) is 0 Å². The summed E-state index contributed by atoms with van der Waals surface area (Å²) in [5.74, 6) is 2.57. The van der Waals surface area contributed by atoms with Gasteiger partial charge in [-0.25, -0.2) is 4.98 Å². The summed E-state index contributed by atoms with van der Waals surface area (Å²) in [5, 5.41) is 0. The Morgan fingerprint density at radius 3 is 2.32 bits per heavy atom. The van der Waals surface area contributed by atoms with Crippen molar-refractivity contribution in [3.05, 3.63) is 28.1 Å². The second kappa shape index (κ2) is 5.25. The zero-order chi connectivity index (χ0) is 14.2. The normalized spacial score (nSPS) is 10.6. The van der Waals surface area contributed by atoms with Crippen LogP contribution in [0.25, 0.3) is 11.3 Å². The molecule has 0 saturated heterocycles. The quantitative estimate of drug-likeness (QED) is 0.867. The first-order valence-corrected chi connectivity index (χ1v) is 6.71. The minimum Gasteiger partial charge on any atom is -0.496 e. The first-order valence-electron chi connectivity index (χ1n) is 5.92. The molecule has 0 aliphatic carbocycles. The highest BCUT2D eigenvalue weighted by atomic mass is 79.9. The first kappa shape index (κ1) is 13.9. The van der Waals surface area contributed by atoms with Crippen LogP contribution in [0.3, 0.4) is 0 Å². The number of hydrogen-bond acceptors (Lipinski definition) is 3. The summed E-state index contributed by atoms with van der Waals surface area (Å²) < 4.78 is 13.7. The SMILES string of the molecule is COc1ccc(-c2c(Br)nc(C)n2C)c(OC)c1C. The molecule has 2 rings (SSSR count). The average molecular weight is 325 g/mol. The number of rotatable bonds is 3. The lowest BCUT2D eigenvalue weighted by Crippen LogP contribution is -1.99. The van der Waals surface area contributed by atoms with Crippen LogP contribution < -0.4 is 9.47 Å². The van der Waals surface area contributed by atoms with Crippen LogP contribution >= 0.6 is 15.9 Å². The van der Waals surface area contributed by atoms with E-state index in [-0.39, 0.29) is 0 Å². The average Bonchev–Trinajstić information content (AvgIpc) is 2.63. The van der Waals surface area contributed by atoms with Crippen molar-refractivity contribution in [3.8, 4) is 22.8 Å². The van der Waals surface area contributed by atoms with Crippen molar-refractivity contribution in [2.24, 2.45) is 7.05 Å². The van der Waals surface area contributed by atoms with Gasteiger partial charge >= 0.3 is 0 Å². The van der Waals surface area contributed by atoms with Crippen molar-refractivity contribution < 1.29 is 9.47 Å². The van der Waals surface area contributed by atoms with E-state index in [9.17, 15) is 0 Å². The largest absolute Gasteiger partial charge is 0.496 e. The number of imidazole rings is 1. The molecule has 0 aliphatic rings. The molecule has 0 saturated carbocycles. The Hall–Kier alpha value is -1.49. The lowest BCUT2D eigenvalue weighted by atomic mass is 10.1. The number of halogens is 1. The van der Waals surface area contributed by atoms with Crippen LogP contribution in [0.4, 0.5) is 0 Å². The number of methoxy groups -OCH3 is 2. The summed E-state index contributed by atoms with van der Waals surface area (Å²) >= 11 is 3.51. The molecule has 1 heterocycles. The molecule has 0 atom stereocenters. The second-order valence-electron chi connectivity index (χ2n) is 4.33. The van der Waals surface area contributed by atoms with Gasteiger partial charge in [0.25, 0.3) is 0 Å². The molecule has 0 bridgehead atoms. The summed E-state index contributed by atoms with van der Waals surface area (Å²) in [5.41, 5.74) is 2.98. The molecule has 19 heavy (non-hydrogen) atoms. The third-order valence-electron chi connectivity index (χ3n) is 3.31. The molecule has 1 aromatic carbocycles. The van der Waals surface area contributed by atoms with Gasteiger partial charge in [0.2, 0.25) is 0 Å². The van der Waals surface area contributed by atoms with E-state index in [1.165, 1.54) is 0 Å². The highest BCUT2D eigenvalue weighted by Crippen LogP contribution is 2.40. The standard InChI is InChI=1S/C14H17BrN2O2/c1-8-11(18-4)7-6-10(13(8)19-5)12-14(15)16-9(2)17(12)3/h6-7H,1-5H3. The molecule has 0 radical (unpaired) electrons. The number of hydrogen-bond donors (Lipinski definition) is 0. The Balaban J connectivity index is 2.72. The molecular formula is C14H17BrN2O2. The van der Waals surface area contributed by atoms with Crippen LogP contribution in [0, 0.1) is 13.8 Å². The van der Waals surface area contributed by atoms with Crippen LogP contribution in [0.1, 0.15) is 11.4 Å². The second-order valence-corrected chi connectivity index (χ2v) is 5.08. The molecule has 4 nitrogen and oxygen atoms in total. The Kier molecular flexibility index (Phi) is 3.85. The van der Waals surface area contributed by atoms with Crippen molar-refractivity contribution >= 4 is 15.9 Å². The minimum absolute atomic E-state index is 0.808. The molecule has 0 amide bonds. The Morgan fingerprint density at radius 1 is 1.16 bits per heavy atom. The third kappa shape index (κ3) is 2.23. The third-order valence-corrected chi connectivity index (χ3v) is 3.86. The zero-order valence-corrected chi connectivity index (χ0v) is 13.3. The number of aromatic nitrogens is 2. The van der Waals surface area contributed by atoms with E-state index in [2.05, 4.69) is 20.9 Å². The maximum absolute atomic E-state index is 5.55. The fraction of sp³-hybridized carbons (Fsp3) is 0.357. The van der Waals surface area contributed by atoms with Crippen molar-refractivity contribution in [2.45, 2.75) is 13.8 Å². The Bertz CT molecular complexity index is 620. The van der Waals surface area contributed by atoms with Crippen molar-refractivity contribution in [2.75, 3.05) is 14.2 Å². The molecule has 2 aromatic rings. The molecule has 0 aliphatic heterocycles. The summed E-state index contributed by atoms with van der Waals surface area (Å²) in [4.78, 5) is 4.43. The number of ether oxygens (including phenoxy) is 2. The Labute approximate surface area is 121 Å². The van der Waals surface area contributed by atoms with E-state index in [0.717, 1.165) is 38.7 Å². The smallest absolute Gasteiger partial charge is 0.134 e. The lowest BCUT2D eigenvalue weighted by molar-refractivity contribution is 0.389. The van der Waals surface area contributed by atoms with Gasteiger partial charge in [-0.1, -0.05) is 0 Å². The Morgan fingerprint density at radius 2 is 1.84 bits per heavy atom. The molecule has 0 N–H and O–H groups in total. The maximum atomic E-state index is 5.55. The summed E-state index contributed by atoms with van der Waals surface area (Å²) in [6, 6.07) is 3.94. The van der Waals surface area contributed by atoms with Crippen LogP contribution in [0.2, 0.25) is 0 Å². The predicted molar refractivity (Wildman–Crippen MR) is 78.9 cm³/mol. The minimum atomic E-state index is 0.808. The molecule has 0 fully saturated rings. The number of benzene rings is 1. The predicted octanol–water partition coefficient (Wildman–Crippen LogP) is 3.48. The highest BCUT2D eigenvalue weighted by molar-refractivity contribution is 9.10. The summed E-state index contributed by atoms with van der Waals surface area (Å²) in [6.45, 7) is 3.95. The molecule has 1 aromatic heterocycles. The first-order chi connectivity index (χ1) is 9.01. The van der Waals surface area contributed by atoms with Crippen molar-refractivity contribution in [3.63, 3.8) is 0 Å². The number of aryl methyl sites for hydroxylation is 1. The number of nitrogens with zero attached hydrogens (tertiary/aromatic N) is 2. The van der Waals surface area contributed by atoms with Crippen molar-refractivity contribution in [1.82, 2.24) is 9.55 Å². The zero-order valence-electron chi connectivity index (χ0n) is 11.7. The van der Waals surface area contributed by atoms with Gasteiger partial charge in [0.05, 0.1) is 19.9 Å². The van der Waals surface area contributed by atoms with E-state index in [1.807, 2.05) is 37.6 Å². The molecular weight excluding hydrogens is 308 g/mol. The molecule has 0 spiro atoms. The van der Waals surface area contributed by atoms with E-state index in [0.29, 0.717) is 0 Å². The molecule has 102 valence electrons. The van der Waals surface area contributed by atoms with Crippen LogP contribution in [-0.2, 0) is 7.05 Å². The van der Waals surface area contributed by atoms with Crippen LogP contribution in [-0.4, -0.2) is 23.8 Å². The van der Waals surface area contributed by atoms with Crippen molar-refractivity contribution in [1.29, 1.82) is 0 Å². The van der Waals surface area contributed by atoms with Gasteiger partial charge in [0.1, 0.15) is 21.9 Å². The van der Waals surface area contributed by atoms with Gasteiger partial charge in [-0.3, -0.25) is 0 Å². The maximum Gasteiger partial charge on any atom is 0.134 e. The van der Waals surface area contributed by atoms with Gasteiger partial charge in [0, 0.05) is 18.2 Å².